The number of aliphatic hydroxyl groups is 5. The minimum atomic E-state index is -1.66. The summed E-state index contributed by atoms with van der Waals surface area (Å²) in [5, 5.41) is 51.0. The molecule has 1 aromatic carbocycles. The van der Waals surface area contributed by atoms with E-state index in [0.29, 0.717) is 19.6 Å². The van der Waals surface area contributed by atoms with Crippen molar-refractivity contribution in [1.29, 1.82) is 0 Å². The van der Waals surface area contributed by atoms with Gasteiger partial charge >= 0.3 is 0 Å². The molecule has 5 atom stereocenters. The summed E-state index contributed by atoms with van der Waals surface area (Å²) < 4.78 is 0. The van der Waals surface area contributed by atoms with Gasteiger partial charge in [-0.1, -0.05) is 52.0 Å². The summed E-state index contributed by atoms with van der Waals surface area (Å²) in [7, 11) is 0. The van der Waals surface area contributed by atoms with E-state index in [1.165, 1.54) is 0 Å². The average molecular weight is 421 g/mol. The molecule has 0 bridgehead atoms. The van der Waals surface area contributed by atoms with E-state index in [1.807, 2.05) is 36.1 Å². The number of halogens is 1. The first-order chi connectivity index (χ1) is 12.5. The van der Waals surface area contributed by atoms with Crippen molar-refractivity contribution < 1.29 is 25.5 Å². The van der Waals surface area contributed by atoms with Gasteiger partial charge in [-0.2, -0.15) is 0 Å². The Kier molecular flexibility index (Phi) is 11.7. The van der Waals surface area contributed by atoms with Crippen LogP contribution in [0.25, 0.3) is 0 Å². The van der Waals surface area contributed by atoms with Crippen molar-refractivity contribution in [2.45, 2.75) is 71.3 Å². The van der Waals surface area contributed by atoms with Crippen molar-refractivity contribution in [3.8, 4) is 0 Å². The Labute approximate surface area is 174 Å². The van der Waals surface area contributed by atoms with Gasteiger partial charge in [0.15, 0.2) is 0 Å². The van der Waals surface area contributed by atoms with Crippen LogP contribution in [0.2, 0.25) is 0 Å². The molecule has 1 aromatic rings. The topological polar surface area (TPSA) is 130 Å². The Bertz CT molecular complexity index is 553. The molecule has 0 aliphatic rings. The van der Waals surface area contributed by atoms with Crippen LogP contribution in [0.5, 0.6) is 0 Å². The number of likely N-dealkylation sites (N-methyl/N-ethyl adjacent to an activating group) is 1. The first-order valence-electron chi connectivity index (χ1n) is 9.41. The maximum Gasteiger partial charge on any atom is 0.111 e. The van der Waals surface area contributed by atoms with Crippen molar-refractivity contribution in [2.24, 2.45) is 11.1 Å². The van der Waals surface area contributed by atoms with E-state index in [1.54, 1.807) is 20.8 Å². The molecule has 164 valence electrons. The lowest BCUT2D eigenvalue weighted by molar-refractivity contribution is -0.154. The van der Waals surface area contributed by atoms with Gasteiger partial charge in [-0.15, -0.1) is 12.4 Å². The lowest BCUT2D eigenvalue weighted by Crippen LogP contribution is -2.54. The van der Waals surface area contributed by atoms with Crippen molar-refractivity contribution in [3.63, 3.8) is 0 Å². The molecule has 0 saturated carbocycles. The third-order valence-corrected chi connectivity index (χ3v) is 4.86. The van der Waals surface area contributed by atoms with Gasteiger partial charge in [-0.05, 0) is 23.1 Å². The number of benzene rings is 1. The fraction of sp³-hybridized carbons (Fsp3) is 0.700. The molecule has 0 spiro atoms. The Morgan fingerprint density at radius 1 is 0.893 bits per heavy atom. The Hall–Kier alpha value is -0.770. The van der Waals surface area contributed by atoms with Gasteiger partial charge < -0.3 is 31.3 Å². The molecule has 1 unspecified atom stereocenters. The zero-order valence-electron chi connectivity index (χ0n) is 17.2. The number of hydrogen-bond donors (Lipinski definition) is 6. The van der Waals surface area contributed by atoms with Crippen LogP contribution >= 0.6 is 12.4 Å². The molecule has 0 fully saturated rings. The van der Waals surface area contributed by atoms with E-state index in [0.717, 1.165) is 11.1 Å². The SMILES string of the molecule is CCN(Cc1ccc(CN)cc1)C[C@H](O)[C@@H](O)[C@H](O)[C@H](O)C(O)C(C)(C)C.Cl. The number of rotatable bonds is 10. The van der Waals surface area contributed by atoms with Crippen LogP contribution in [-0.4, -0.2) is 74.0 Å². The molecule has 8 heteroatoms. The molecule has 7 N–H and O–H groups in total. The molecule has 0 aliphatic carbocycles. The Balaban J connectivity index is 0.00000729. The highest BCUT2D eigenvalue weighted by Gasteiger charge is 2.39. The van der Waals surface area contributed by atoms with Crippen LogP contribution in [0.15, 0.2) is 24.3 Å². The highest BCUT2D eigenvalue weighted by atomic mass is 35.5. The van der Waals surface area contributed by atoms with Gasteiger partial charge in [0.05, 0.1) is 12.2 Å². The maximum absolute atomic E-state index is 10.3. The van der Waals surface area contributed by atoms with E-state index in [4.69, 9.17) is 5.73 Å². The van der Waals surface area contributed by atoms with Crippen LogP contribution in [0.3, 0.4) is 0 Å². The standard InChI is InChI=1S/C20H36N2O5.ClH/c1-5-22(11-14-8-6-13(10-21)7-9-14)12-15(23)16(24)17(25)18(26)19(27)20(2,3)4;/h6-9,15-19,23-27H,5,10-12,21H2,1-4H3;1H/t15-,16+,17-,18-,19?;/m0./s1. The van der Waals surface area contributed by atoms with Crippen LogP contribution in [0.4, 0.5) is 0 Å². The predicted molar refractivity (Wildman–Crippen MR) is 112 cm³/mol. The zero-order chi connectivity index (χ0) is 20.8. The van der Waals surface area contributed by atoms with Crippen molar-refractivity contribution >= 4 is 12.4 Å². The second kappa shape index (κ2) is 12.0. The molecule has 0 heterocycles. The largest absolute Gasteiger partial charge is 0.390 e. The van der Waals surface area contributed by atoms with Crippen LogP contribution in [-0.2, 0) is 13.1 Å². The fourth-order valence-corrected chi connectivity index (χ4v) is 2.85. The molecule has 0 saturated heterocycles. The van der Waals surface area contributed by atoms with E-state index < -0.39 is 35.9 Å². The molecule has 0 aliphatic heterocycles. The monoisotopic (exact) mass is 420 g/mol. The van der Waals surface area contributed by atoms with Gasteiger partial charge in [0.2, 0.25) is 0 Å². The first-order valence-corrected chi connectivity index (χ1v) is 9.41. The highest BCUT2D eigenvalue weighted by Crippen LogP contribution is 2.24. The average Bonchev–Trinajstić information content (AvgIpc) is 2.64. The van der Waals surface area contributed by atoms with Gasteiger partial charge in [0.25, 0.3) is 0 Å². The molecule has 0 amide bonds. The van der Waals surface area contributed by atoms with E-state index in [-0.39, 0.29) is 19.0 Å². The predicted octanol–water partition coefficient (Wildman–Crippen LogP) is 0.240. The Morgan fingerprint density at radius 2 is 1.39 bits per heavy atom. The number of nitrogens with zero attached hydrogens (tertiary/aromatic N) is 1. The van der Waals surface area contributed by atoms with E-state index in [2.05, 4.69) is 0 Å². The lowest BCUT2D eigenvalue weighted by atomic mass is 9.82. The van der Waals surface area contributed by atoms with E-state index in [9.17, 15) is 25.5 Å². The Morgan fingerprint density at radius 3 is 1.82 bits per heavy atom. The summed E-state index contributed by atoms with van der Waals surface area (Å²) in [5.74, 6) is 0. The zero-order valence-corrected chi connectivity index (χ0v) is 18.0. The van der Waals surface area contributed by atoms with Crippen molar-refractivity contribution in [2.75, 3.05) is 13.1 Å². The summed E-state index contributed by atoms with van der Waals surface area (Å²) in [6.45, 7) is 8.86. The molecule has 0 radical (unpaired) electrons. The second-order valence-corrected chi connectivity index (χ2v) is 8.20. The highest BCUT2D eigenvalue weighted by molar-refractivity contribution is 5.85. The van der Waals surface area contributed by atoms with Gasteiger partial charge in [0.1, 0.15) is 18.3 Å². The van der Waals surface area contributed by atoms with Crippen LogP contribution < -0.4 is 5.73 Å². The summed E-state index contributed by atoms with van der Waals surface area (Å²) in [6, 6.07) is 7.82. The number of aliphatic hydroxyl groups excluding tert-OH is 5. The molecule has 7 nitrogen and oxygen atoms in total. The molecular formula is C20H37ClN2O5. The molecular weight excluding hydrogens is 384 g/mol. The van der Waals surface area contributed by atoms with Crippen LogP contribution in [0.1, 0.15) is 38.8 Å². The molecule has 1 rings (SSSR count). The van der Waals surface area contributed by atoms with E-state index >= 15 is 0 Å². The van der Waals surface area contributed by atoms with Gasteiger partial charge in [-0.3, -0.25) is 4.90 Å². The van der Waals surface area contributed by atoms with Crippen molar-refractivity contribution in [1.82, 2.24) is 4.90 Å². The minimum absolute atomic E-state index is 0. The maximum atomic E-state index is 10.3. The quantitative estimate of drug-likeness (QED) is 0.319. The number of nitrogens with two attached hydrogens (primary N) is 1. The third kappa shape index (κ3) is 7.93. The van der Waals surface area contributed by atoms with Crippen molar-refractivity contribution in [3.05, 3.63) is 35.4 Å². The molecule has 28 heavy (non-hydrogen) atoms. The fourth-order valence-electron chi connectivity index (χ4n) is 2.85. The normalized spacial score (nSPS) is 17.5. The summed E-state index contributed by atoms with van der Waals surface area (Å²) in [6.07, 6.45) is -7.31. The van der Waals surface area contributed by atoms with Gasteiger partial charge in [0, 0.05) is 19.6 Å². The first kappa shape index (κ1) is 27.2. The summed E-state index contributed by atoms with van der Waals surface area (Å²) in [4.78, 5) is 1.92. The summed E-state index contributed by atoms with van der Waals surface area (Å²) in [5.41, 5.74) is 7.00. The summed E-state index contributed by atoms with van der Waals surface area (Å²) >= 11 is 0. The second-order valence-electron chi connectivity index (χ2n) is 8.20. The lowest BCUT2D eigenvalue weighted by Gasteiger charge is -2.36. The third-order valence-electron chi connectivity index (χ3n) is 4.86. The minimum Gasteiger partial charge on any atom is -0.390 e. The van der Waals surface area contributed by atoms with Crippen LogP contribution in [0, 0.1) is 5.41 Å². The smallest absolute Gasteiger partial charge is 0.111 e. The molecule has 0 aromatic heterocycles. The number of hydrogen-bond acceptors (Lipinski definition) is 7. The van der Waals surface area contributed by atoms with Gasteiger partial charge in [-0.25, -0.2) is 0 Å².